The van der Waals surface area contributed by atoms with Crippen molar-refractivity contribution < 1.29 is 4.74 Å². The molecule has 0 bridgehead atoms. The zero-order valence-electron chi connectivity index (χ0n) is 11.3. The van der Waals surface area contributed by atoms with Crippen molar-refractivity contribution >= 4 is 15.9 Å². The van der Waals surface area contributed by atoms with Gasteiger partial charge in [-0.3, -0.25) is 0 Å². The van der Waals surface area contributed by atoms with Crippen molar-refractivity contribution in [2.24, 2.45) is 0 Å². The van der Waals surface area contributed by atoms with Crippen LogP contribution in [0.2, 0.25) is 0 Å². The Morgan fingerprint density at radius 2 is 2.00 bits per heavy atom. The molecule has 0 aromatic rings. The standard InChI is InChI=1S/C14H26BrNO/c1-12(15)10-16(2)11-13-6-9-14(17-13)7-4-3-5-8-14/h12-13H,3-11H2,1-2H3. The summed E-state index contributed by atoms with van der Waals surface area (Å²) in [5.74, 6) is 0. The van der Waals surface area contributed by atoms with E-state index >= 15 is 0 Å². The Balaban J connectivity index is 1.77. The average molecular weight is 304 g/mol. The highest BCUT2D eigenvalue weighted by molar-refractivity contribution is 9.09. The van der Waals surface area contributed by atoms with Crippen LogP contribution in [-0.2, 0) is 4.74 Å². The monoisotopic (exact) mass is 303 g/mol. The number of halogens is 1. The molecule has 100 valence electrons. The first-order valence-corrected chi connectivity index (χ1v) is 8.02. The Bertz CT molecular complexity index is 238. The topological polar surface area (TPSA) is 12.5 Å². The normalized spacial score (nSPS) is 30.0. The molecular weight excluding hydrogens is 278 g/mol. The van der Waals surface area contributed by atoms with Crippen LogP contribution < -0.4 is 0 Å². The van der Waals surface area contributed by atoms with E-state index in [1.165, 1.54) is 44.9 Å². The first kappa shape index (κ1) is 13.8. The molecule has 1 heterocycles. The van der Waals surface area contributed by atoms with E-state index in [-0.39, 0.29) is 5.60 Å². The Labute approximate surface area is 114 Å². The third-order valence-electron chi connectivity index (χ3n) is 4.18. The summed E-state index contributed by atoms with van der Waals surface area (Å²) in [4.78, 5) is 2.96. The Morgan fingerprint density at radius 1 is 1.29 bits per heavy atom. The Kier molecular flexibility index (Phi) is 4.90. The molecule has 1 aliphatic heterocycles. The predicted molar refractivity (Wildman–Crippen MR) is 75.8 cm³/mol. The fourth-order valence-corrected chi connectivity index (χ4v) is 3.93. The molecule has 1 saturated carbocycles. The highest BCUT2D eigenvalue weighted by Crippen LogP contribution is 2.41. The summed E-state index contributed by atoms with van der Waals surface area (Å²) in [7, 11) is 2.20. The van der Waals surface area contributed by atoms with Gasteiger partial charge in [-0.2, -0.15) is 0 Å². The van der Waals surface area contributed by atoms with Crippen molar-refractivity contribution in [3.8, 4) is 0 Å². The third kappa shape index (κ3) is 3.93. The van der Waals surface area contributed by atoms with E-state index in [0.717, 1.165) is 13.1 Å². The van der Waals surface area contributed by atoms with Gasteiger partial charge in [-0.25, -0.2) is 0 Å². The van der Waals surface area contributed by atoms with Gasteiger partial charge < -0.3 is 9.64 Å². The lowest BCUT2D eigenvalue weighted by atomic mass is 9.83. The molecular formula is C14H26BrNO. The maximum atomic E-state index is 6.39. The second-order valence-electron chi connectivity index (χ2n) is 6.02. The van der Waals surface area contributed by atoms with Crippen LogP contribution in [0.25, 0.3) is 0 Å². The van der Waals surface area contributed by atoms with Gasteiger partial charge in [0.05, 0.1) is 11.7 Å². The molecule has 2 rings (SSSR count). The second kappa shape index (κ2) is 6.03. The molecule has 2 aliphatic rings. The van der Waals surface area contributed by atoms with E-state index in [9.17, 15) is 0 Å². The SMILES string of the molecule is CC(Br)CN(C)CC1CCC2(CCCCC2)O1. The largest absolute Gasteiger partial charge is 0.370 e. The maximum Gasteiger partial charge on any atom is 0.0710 e. The molecule has 0 aromatic carbocycles. The van der Waals surface area contributed by atoms with Crippen LogP contribution in [-0.4, -0.2) is 41.6 Å². The van der Waals surface area contributed by atoms with Gasteiger partial charge in [0.1, 0.15) is 0 Å². The number of rotatable bonds is 4. The minimum atomic E-state index is 0.282. The minimum Gasteiger partial charge on any atom is -0.370 e. The molecule has 1 spiro atoms. The summed E-state index contributed by atoms with van der Waals surface area (Å²) < 4.78 is 6.39. The number of ether oxygens (including phenoxy) is 1. The first-order chi connectivity index (χ1) is 8.10. The molecule has 1 aliphatic carbocycles. The summed E-state index contributed by atoms with van der Waals surface area (Å²) in [5.41, 5.74) is 0.282. The first-order valence-electron chi connectivity index (χ1n) is 7.10. The molecule has 0 amide bonds. The van der Waals surface area contributed by atoms with Crippen LogP contribution in [0.5, 0.6) is 0 Å². The van der Waals surface area contributed by atoms with Crippen LogP contribution >= 0.6 is 15.9 Å². The van der Waals surface area contributed by atoms with Gasteiger partial charge in [0.2, 0.25) is 0 Å². The summed E-state index contributed by atoms with van der Waals surface area (Å²) in [5, 5.41) is 0. The van der Waals surface area contributed by atoms with E-state index in [4.69, 9.17) is 4.74 Å². The summed E-state index contributed by atoms with van der Waals surface area (Å²) >= 11 is 3.61. The van der Waals surface area contributed by atoms with Gasteiger partial charge in [0.15, 0.2) is 0 Å². The van der Waals surface area contributed by atoms with E-state index in [1.54, 1.807) is 0 Å². The molecule has 2 unspecified atom stereocenters. The van der Waals surface area contributed by atoms with Crippen molar-refractivity contribution in [2.45, 2.75) is 68.4 Å². The van der Waals surface area contributed by atoms with Crippen LogP contribution in [0.3, 0.4) is 0 Å². The van der Waals surface area contributed by atoms with Crippen LogP contribution in [0.1, 0.15) is 51.9 Å². The maximum absolute atomic E-state index is 6.39. The van der Waals surface area contributed by atoms with E-state index in [1.807, 2.05) is 0 Å². The minimum absolute atomic E-state index is 0.282. The zero-order chi connectivity index (χ0) is 12.3. The van der Waals surface area contributed by atoms with Crippen LogP contribution in [0.4, 0.5) is 0 Å². The van der Waals surface area contributed by atoms with Gasteiger partial charge in [-0.1, -0.05) is 42.1 Å². The molecule has 2 nitrogen and oxygen atoms in total. The molecule has 0 radical (unpaired) electrons. The Hall–Kier alpha value is 0.400. The highest BCUT2D eigenvalue weighted by atomic mass is 79.9. The van der Waals surface area contributed by atoms with Crippen LogP contribution in [0.15, 0.2) is 0 Å². The molecule has 17 heavy (non-hydrogen) atoms. The second-order valence-corrected chi connectivity index (χ2v) is 7.59. The van der Waals surface area contributed by atoms with Gasteiger partial charge in [0.25, 0.3) is 0 Å². The number of nitrogens with zero attached hydrogens (tertiary/aromatic N) is 1. The van der Waals surface area contributed by atoms with E-state index in [0.29, 0.717) is 10.9 Å². The predicted octanol–water partition coefficient (Wildman–Crippen LogP) is 3.58. The lowest BCUT2D eigenvalue weighted by Gasteiger charge is -2.34. The van der Waals surface area contributed by atoms with Crippen molar-refractivity contribution in [3.05, 3.63) is 0 Å². The summed E-state index contributed by atoms with van der Waals surface area (Å²) in [6, 6.07) is 0. The summed E-state index contributed by atoms with van der Waals surface area (Å²) in [6.45, 7) is 4.40. The van der Waals surface area contributed by atoms with Crippen molar-refractivity contribution in [2.75, 3.05) is 20.1 Å². The third-order valence-corrected chi connectivity index (χ3v) is 4.47. The smallest absolute Gasteiger partial charge is 0.0710 e. The molecule has 2 fully saturated rings. The quantitative estimate of drug-likeness (QED) is 0.736. The van der Waals surface area contributed by atoms with Gasteiger partial charge in [-0.15, -0.1) is 0 Å². The van der Waals surface area contributed by atoms with Crippen molar-refractivity contribution in [1.82, 2.24) is 4.90 Å². The lowest BCUT2D eigenvalue weighted by Crippen LogP contribution is -2.36. The van der Waals surface area contributed by atoms with Crippen molar-refractivity contribution in [1.29, 1.82) is 0 Å². The molecule has 0 N–H and O–H groups in total. The lowest BCUT2D eigenvalue weighted by molar-refractivity contribution is -0.0700. The van der Waals surface area contributed by atoms with Crippen molar-refractivity contribution in [3.63, 3.8) is 0 Å². The number of hydrogen-bond acceptors (Lipinski definition) is 2. The van der Waals surface area contributed by atoms with Gasteiger partial charge >= 0.3 is 0 Å². The molecule has 3 heteroatoms. The molecule has 1 saturated heterocycles. The number of likely N-dealkylation sites (N-methyl/N-ethyl adjacent to an activating group) is 1. The fraction of sp³-hybridized carbons (Fsp3) is 1.00. The van der Waals surface area contributed by atoms with E-state index < -0.39 is 0 Å². The Morgan fingerprint density at radius 3 is 2.65 bits per heavy atom. The van der Waals surface area contributed by atoms with Crippen LogP contribution in [0, 0.1) is 0 Å². The summed E-state index contributed by atoms with van der Waals surface area (Å²) in [6.07, 6.45) is 9.82. The average Bonchev–Trinajstić information content (AvgIpc) is 2.61. The highest BCUT2D eigenvalue weighted by Gasteiger charge is 2.40. The van der Waals surface area contributed by atoms with Gasteiger partial charge in [-0.05, 0) is 32.7 Å². The molecule has 0 aromatic heterocycles. The fourth-order valence-electron chi connectivity index (χ4n) is 3.44. The molecule has 2 atom stereocenters. The van der Waals surface area contributed by atoms with Gasteiger partial charge in [0, 0.05) is 17.9 Å². The number of hydrogen-bond donors (Lipinski definition) is 0. The van der Waals surface area contributed by atoms with E-state index in [2.05, 4.69) is 34.8 Å². The number of alkyl halides is 1. The zero-order valence-corrected chi connectivity index (χ0v) is 12.8.